The van der Waals surface area contributed by atoms with Crippen LogP contribution < -0.4 is 0 Å². The molecule has 4 rings (SSSR count). The fourth-order valence-electron chi connectivity index (χ4n) is 3.45. The van der Waals surface area contributed by atoms with E-state index in [4.69, 9.17) is 11.6 Å². The Morgan fingerprint density at radius 2 is 1.93 bits per heavy atom. The highest BCUT2D eigenvalue weighted by Gasteiger charge is 2.43. The number of hydrogen-bond acceptors (Lipinski definition) is 4. The quantitative estimate of drug-likeness (QED) is 0.631. The van der Waals surface area contributed by atoms with Crippen LogP contribution in [0.15, 0.2) is 47.5 Å². The lowest BCUT2D eigenvalue weighted by Crippen LogP contribution is -2.33. The molecule has 2 aromatic heterocycles. The summed E-state index contributed by atoms with van der Waals surface area (Å²) < 4.78 is 69.4. The minimum atomic E-state index is -4.86. The Bertz CT molecular complexity index is 1150. The van der Waals surface area contributed by atoms with Gasteiger partial charge in [-0.15, -0.1) is 10.2 Å². The molecule has 3 aromatic rings. The smallest absolute Gasteiger partial charge is 0.285 e. The normalized spacial score (nSPS) is 18.8. The summed E-state index contributed by atoms with van der Waals surface area (Å²) in [5.41, 5.74) is -0.749. The lowest BCUT2D eigenvalue weighted by molar-refractivity contribution is -0.139. The van der Waals surface area contributed by atoms with Crippen LogP contribution in [-0.4, -0.2) is 33.9 Å². The van der Waals surface area contributed by atoms with Crippen molar-refractivity contribution in [2.45, 2.75) is 30.0 Å². The van der Waals surface area contributed by atoms with Gasteiger partial charge in [-0.05, 0) is 43.2 Å². The Morgan fingerprint density at radius 3 is 2.68 bits per heavy atom. The molecule has 148 valence electrons. The van der Waals surface area contributed by atoms with Gasteiger partial charge in [-0.2, -0.15) is 17.5 Å². The summed E-state index contributed by atoms with van der Waals surface area (Å²) in [6, 6.07) is 7.18. The monoisotopic (exact) mass is 430 g/mol. The lowest BCUT2D eigenvalue weighted by Gasteiger charge is -2.24. The molecule has 1 aliphatic heterocycles. The maximum absolute atomic E-state index is 13.5. The van der Waals surface area contributed by atoms with Gasteiger partial charge in [0.25, 0.3) is 0 Å². The number of pyridine rings is 1. The van der Waals surface area contributed by atoms with Crippen molar-refractivity contribution in [1.29, 1.82) is 0 Å². The van der Waals surface area contributed by atoms with Gasteiger partial charge in [0, 0.05) is 17.8 Å². The summed E-state index contributed by atoms with van der Waals surface area (Å²) in [6.07, 6.45) is -2.23. The van der Waals surface area contributed by atoms with Crippen LogP contribution in [-0.2, 0) is 16.2 Å². The predicted molar refractivity (Wildman–Crippen MR) is 95.3 cm³/mol. The van der Waals surface area contributed by atoms with Crippen molar-refractivity contribution in [2.75, 3.05) is 6.54 Å². The molecule has 3 heterocycles. The van der Waals surface area contributed by atoms with E-state index in [0.717, 1.165) is 16.4 Å². The highest BCUT2D eigenvalue weighted by atomic mass is 35.5. The molecule has 0 saturated carbocycles. The first-order valence-corrected chi connectivity index (χ1v) is 10.2. The summed E-state index contributed by atoms with van der Waals surface area (Å²) >= 11 is 5.68. The Hall–Kier alpha value is -2.17. The SMILES string of the molecule is O=S(=O)(c1ccc(Cl)cc1C(F)(F)F)N1CCC[C@@H]1c1nnc2ccccn12. The maximum Gasteiger partial charge on any atom is 0.417 e. The van der Waals surface area contributed by atoms with Crippen LogP contribution in [0.1, 0.15) is 30.3 Å². The maximum atomic E-state index is 13.5. The van der Waals surface area contributed by atoms with Crippen molar-refractivity contribution in [3.8, 4) is 0 Å². The molecule has 1 saturated heterocycles. The molecule has 0 N–H and O–H groups in total. The molecule has 0 bridgehead atoms. The molecule has 28 heavy (non-hydrogen) atoms. The van der Waals surface area contributed by atoms with Gasteiger partial charge in [-0.1, -0.05) is 17.7 Å². The van der Waals surface area contributed by atoms with Crippen LogP contribution in [0.5, 0.6) is 0 Å². The first-order valence-electron chi connectivity index (χ1n) is 8.38. The van der Waals surface area contributed by atoms with E-state index in [1.54, 1.807) is 28.8 Å². The van der Waals surface area contributed by atoms with Crippen LogP contribution in [0.4, 0.5) is 13.2 Å². The van der Waals surface area contributed by atoms with Gasteiger partial charge in [0.05, 0.1) is 16.5 Å². The third-order valence-corrected chi connectivity index (χ3v) is 6.88. The Balaban J connectivity index is 1.82. The number of sulfonamides is 1. The summed E-state index contributed by atoms with van der Waals surface area (Å²) in [5, 5.41) is 7.91. The van der Waals surface area contributed by atoms with Crippen molar-refractivity contribution in [3.63, 3.8) is 0 Å². The van der Waals surface area contributed by atoms with E-state index in [1.165, 1.54) is 0 Å². The van der Waals surface area contributed by atoms with Gasteiger partial charge in [0.15, 0.2) is 11.5 Å². The molecule has 0 unspecified atom stereocenters. The van der Waals surface area contributed by atoms with Crippen molar-refractivity contribution in [2.24, 2.45) is 0 Å². The Labute approximate surface area is 163 Å². The molecule has 1 atom stereocenters. The van der Waals surface area contributed by atoms with E-state index in [2.05, 4.69) is 10.2 Å². The lowest BCUT2D eigenvalue weighted by atomic mass is 10.2. The minimum absolute atomic E-state index is 0.0919. The number of aromatic nitrogens is 3. The number of benzene rings is 1. The number of rotatable bonds is 3. The second-order valence-corrected chi connectivity index (χ2v) is 8.69. The molecule has 1 aromatic carbocycles. The van der Waals surface area contributed by atoms with Gasteiger partial charge in [0.1, 0.15) is 0 Å². The molecule has 0 aliphatic carbocycles. The molecular formula is C17H14ClF3N4O2S. The summed E-state index contributed by atoms with van der Waals surface area (Å²) in [5.74, 6) is 0.374. The van der Waals surface area contributed by atoms with E-state index >= 15 is 0 Å². The molecule has 6 nitrogen and oxygen atoms in total. The highest BCUT2D eigenvalue weighted by Crippen LogP contribution is 2.41. The van der Waals surface area contributed by atoms with E-state index in [-0.39, 0.29) is 11.6 Å². The van der Waals surface area contributed by atoms with E-state index in [9.17, 15) is 21.6 Å². The van der Waals surface area contributed by atoms with Crippen LogP contribution in [0.3, 0.4) is 0 Å². The minimum Gasteiger partial charge on any atom is -0.285 e. The number of halogens is 4. The average molecular weight is 431 g/mol. The Kier molecular flexibility index (Phi) is 4.59. The first-order chi connectivity index (χ1) is 13.2. The van der Waals surface area contributed by atoms with Crippen LogP contribution in [0, 0.1) is 0 Å². The van der Waals surface area contributed by atoms with Crippen LogP contribution >= 0.6 is 11.6 Å². The van der Waals surface area contributed by atoms with Crippen LogP contribution in [0.25, 0.3) is 5.65 Å². The molecule has 11 heteroatoms. The third-order valence-electron chi connectivity index (χ3n) is 4.68. The topological polar surface area (TPSA) is 67.6 Å². The molecule has 0 spiro atoms. The largest absolute Gasteiger partial charge is 0.417 e. The van der Waals surface area contributed by atoms with E-state index < -0.39 is 32.7 Å². The van der Waals surface area contributed by atoms with Crippen molar-refractivity contribution in [3.05, 3.63) is 59.0 Å². The van der Waals surface area contributed by atoms with E-state index in [0.29, 0.717) is 30.4 Å². The number of nitrogens with zero attached hydrogens (tertiary/aromatic N) is 4. The molecule has 1 aliphatic rings. The zero-order chi connectivity index (χ0) is 20.1. The first kappa shape index (κ1) is 19.2. The standard InChI is InChI=1S/C17H14ClF3N4O2S/c18-11-6-7-14(12(10-11)17(19,20)21)28(26,27)25-9-3-4-13(25)16-23-22-15-5-1-2-8-24(15)16/h1-2,5-8,10,13H,3-4,9H2/t13-/m1/s1. The summed E-state index contributed by atoms with van der Waals surface area (Å²) in [4.78, 5) is -0.815. The Morgan fingerprint density at radius 1 is 1.14 bits per heavy atom. The number of alkyl halides is 3. The second-order valence-electron chi connectivity index (χ2n) is 6.40. The second kappa shape index (κ2) is 6.71. The fraction of sp³-hybridized carbons (Fsp3) is 0.294. The molecule has 0 radical (unpaired) electrons. The van der Waals surface area contributed by atoms with Gasteiger partial charge < -0.3 is 0 Å². The van der Waals surface area contributed by atoms with Crippen molar-refractivity contribution in [1.82, 2.24) is 18.9 Å². The van der Waals surface area contributed by atoms with Gasteiger partial charge in [-0.3, -0.25) is 4.40 Å². The molecular weight excluding hydrogens is 417 g/mol. The van der Waals surface area contributed by atoms with Crippen molar-refractivity contribution < 1.29 is 21.6 Å². The summed E-state index contributed by atoms with van der Waals surface area (Å²) in [7, 11) is -4.44. The van der Waals surface area contributed by atoms with Gasteiger partial charge in [-0.25, -0.2) is 8.42 Å². The summed E-state index contributed by atoms with van der Waals surface area (Å²) in [6.45, 7) is 0.0919. The average Bonchev–Trinajstić information content (AvgIpc) is 3.27. The van der Waals surface area contributed by atoms with Gasteiger partial charge in [0.2, 0.25) is 10.0 Å². The number of hydrogen-bond donors (Lipinski definition) is 0. The van der Waals surface area contributed by atoms with Crippen LogP contribution in [0.2, 0.25) is 5.02 Å². The zero-order valence-corrected chi connectivity index (χ0v) is 15.8. The van der Waals surface area contributed by atoms with Crippen molar-refractivity contribution >= 4 is 27.3 Å². The predicted octanol–water partition coefficient (Wildman–Crippen LogP) is 3.93. The van der Waals surface area contributed by atoms with Gasteiger partial charge >= 0.3 is 6.18 Å². The zero-order valence-electron chi connectivity index (χ0n) is 14.3. The fourth-order valence-corrected chi connectivity index (χ4v) is 5.47. The molecule has 0 amide bonds. The highest BCUT2D eigenvalue weighted by molar-refractivity contribution is 7.89. The third kappa shape index (κ3) is 3.15. The molecule has 1 fully saturated rings. The number of fused-ring (bicyclic) bond motifs is 1. The van der Waals surface area contributed by atoms with E-state index in [1.807, 2.05) is 0 Å².